The fourth-order valence-corrected chi connectivity index (χ4v) is 3.42. The molecule has 0 spiro atoms. The Morgan fingerprint density at radius 1 is 1.00 bits per heavy atom. The van der Waals surface area contributed by atoms with Gasteiger partial charge in [0, 0.05) is 37.0 Å². The van der Waals surface area contributed by atoms with E-state index in [2.05, 4.69) is 20.6 Å². The molecule has 0 saturated carbocycles. The number of non-ortho nitro benzene ring substituents is 1. The molecule has 15 heteroatoms. The van der Waals surface area contributed by atoms with E-state index in [0.717, 1.165) is 0 Å². The largest absolute Gasteiger partial charge is 0.466 e. The number of aromatic nitrogens is 2. The summed E-state index contributed by atoms with van der Waals surface area (Å²) in [7, 11) is 0. The average Bonchev–Trinajstić information content (AvgIpc) is 2.83. The molecule has 0 bridgehead atoms. The van der Waals surface area contributed by atoms with Crippen molar-refractivity contribution in [3.63, 3.8) is 0 Å². The van der Waals surface area contributed by atoms with Crippen molar-refractivity contribution in [3.05, 3.63) is 63.2 Å². The molecule has 2 N–H and O–H groups in total. The predicted octanol–water partition coefficient (Wildman–Crippen LogP) is 5.94. The van der Waals surface area contributed by atoms with Gasteiger partial charge in [0.15, 0.2) is 0 Å². The molecule has 0 aliphatic rings. The number of fused-ring (bicyclic) bond motifs is 1. The van der Waals surface area contributed by atoms with E-state index in [9.17, 15) is 41.3 Å². The van der Waals surface area contributed by atoms with Gasteiger partial charge in [-0.2, -0.15) is 31.3 Å². The molecular formula is C23H21F6N5O4. The molecule has 1 aromatic heterocycles. The smallest absolute Gasteiger partial charge is 0.416 e. The van der Waals surface area contributed by atoms with Crippen LogP contribution in [-0.4, -0.2) is 34.0 Å². The van der Waals surface area contributed by atoms with Crippen LogP contribution in [0.15, 0.2) is 36.4 Å². The van der Waals surface area contributed by atoms with E-state index < -0.39 is 40.9 Å². The molecule has 0 amide bonds. The minimum absolute atomic E-state index is 0.0290. The lowest BCUT2D eigenvalue weighted by atomic mass is 10.0. The lowest BCUT2D eigenvalue weighted by Crippen LogP contribution is -2.14. The van der Waals surface area contributed by atoms with Crippen LogP contribution in [0.5, 0.6) is 0 Å². The lowest BCUT2D eigenvalue weighted by Gasteiger charge is -2.15. The van der Waals surface area contributed by atoms with Crippen LogP contribution in [-0.2, 0) is 28.4 Å². The summed E-state index contributed by atoms with van der Waals surface area (Å²) in [4.78, 5) is 30.5. The van der Waals surface area contributed by atoms with E-state index in [1.807, 2.05) is 0 Å². The highest BCUT2D eigenvalue weighted by Gasteiger charge is 2.36. The maximum atomic E-state index is 13.2. The van der Waals surface area contributed by atoms with Crippen molar-refractivity contribution < 1.29 is 40.8 Å². The lowest BCUT2D eigenvalue weighted by molar-refractivity contribution is -0.384. The molecule has 0 aliphatic carbocycles. The van der Waals surface area contributed by atoms with Gasteiger partial charge in [0.25, 0.3) is 5.69 Å². The molecule has 0 unspecified atom stereocenters. The number of carbonyl (C=O) groups is 1. The number of nitrogens with zero attached hydrogens (tertiary/aromatic N) is 3. The first-order valence-corrected chi connectivity index (χ1v) is 11.2. The first kappa shape index (κ1) is 28.4. The van der Waals surface area contributed by atoms with Crippen molar-refractivity contribution in [2.24, 2.45) is 0 Å². The highest BCUT2D eigenvalue weighted by atomic mass is 19.4. The molecule has 0 saturated heterocycles. The molecule has 1 heterocycles. The maximum Gasteiger partial charge on any atom is 0.416 e. The van der Waals surface area contributed by atoms with Gasteiger partial charge in [-0.3, -0.25) is 14.9 Å². The molecule has 0 atom stereocenters. The third-order valence-electron chi connectivity index (χ3n) is 5.14. The molecule has 0 radical (unpaired) electrons. The number of hydrogen-bond donors (Lipinski definition) is 2. The van der Waals surface area contributed by atoms with Crippen LogP contribution in [0, 0.1) is 10.1 Å². The summed E-state index contributed by atoms with van der Waals surface area (Å²) < 4.78 is 83.8. The number of ether oxygens (including phenoxy) is 1. The minimum Gasteiger partial charge on any atom is -0.466 e. The Morgan fingerprint density at radius 3 is 2.24 bits per heavy atom. The number of hydrogen-bond acceptors (Lipinski definition) is 8. The molecule has 0 fully saturated rings. The second kappa shape index (κ2) is 11.5. The molecule has 2 aromatic carbocycles. The van der Waals surface area contributed by atoms with Crippen molar-refractivity contribution in [1.82, 2.24) is 9.97 Å². The van der Waals surface area contributed by atoms with Gasteiger partial charge >= 0.3 is 18.3 Å². The Hall–Kier alpha value is -4.17. The molecule has 0 aliphatic heterocycles. The first-order valence-electron chi connectivity index (χ1n) is 11.2. The summed E-state index contributed by atoms with van der Waals surface area (Å²) in [5, 5.41) is 17.0. The standard InChI is InChI=1S/C23H21F6N5O4/c1-2-38-19(35)4-3-7-30-20-17-11-16(34(36)37)5-6-18(17)32-21(33-20)31-12-13-8-14(22(24,25)26)10-15(9-13)23(27,28)29/h5-6,8-11H,2-4,7,12H2,1H3,(H2,30,31,32,33). The topological polar surface area (TPSA) is 119 Å². The minimum atomic E-state index is -5.00. The van der Waals surface area contributed by atoms with Crippen molar-refractivity contribution in [1.29, 1.82) is 0 Å². The van der Waals surface area contributed by atoms with Gasteiger partial charge in [-0.15, -0.1) is 0 Å². The molecule has 3 rings (SSSR count). The Labute approximate surface area is 211 Å². The Kier molecular flexibility index (Phi) is 8.58. The number of esters is 1. The number of nitro groups is 1. The Morgan fingerprint density at radius 2 is 1.66 bits per heavy atom. The van der Waals surface area contributed by atoms with Crippen molar-refractivity contribution in [2.45, 2.75) is 38.7 Å². The van der Waals surface area contributed by atoms with E-state index in [1.165, 1.54) is 18.2 Å². The van der Waals surface area contributed by atoms with Gasteiger partial charge in [-0.1, -0.05) is 0 Å². The summed E-state index contributed by atoms with van der Waals surface area (Å²) in [6.45, 7) is 1.61. The fraction of sp³-hybridized carbons (Fsp3) is 0.348. The van der Waals surface area contributed by atoms with Crippen LogP contribution in [0.4, 0.5) is 43.8 Å². The highest BCUT2D eigenvalue weighted by molar-refractivity contribution is 5.91. The number of alkyl halides is 6. The zero-order chi connectivity index (χ0) is 28.1. The van der Waals surface area contributed by atoms with Crippen LogP contribution in [0.2, 0.25) is 0 Å². The third-order valence-corrected chi connectivity index (χ3v) is 5.14. The second-order valence-corrected chi connectivity index (χ2v) is 7.96. The number of anilines is 2. The van der Waals surface area contributed by atoms with Crippen LogP contribution in [0.25, 0.3) is 10.9 Å². The van der Waals surface area contributed by atoms with Crippen molar-refractivity contribution in [3.8, 4) is 0 Å². The number of rotatable bonds is 10. The zero-order valence-corrected chi connectivity index (χ0v) is 19.7. The average molecular weight is 545 g/mol. The summed E-state index contributed by atoms with van der Waals surface area (Å²) in [6, 6.07) is 4.93. The number of nitrogens with one attached hydrogen (secondary N) is 2. The van der Waals surface area contributed by atoms with Crippen molar-refractivity contribution >= 4 is 34.3 Å². The molecular weight excluding hydrogens is 524 g/mol. The molecule has 204 valence electrons. The third kappa shape index (κ3) is 7.43. The molecule has 9 nitrogen and oxygen atoms in total. The van der Waals surface area contributed by atoms with Gasteiger partial charge in [-0.25, -0.2) is 4.98 Å². The predicted molar refractivity (Wildman–Crippen MR) is 124 cm³/mol. The van der Waals surface area contributed by atoms with Crippen LogP contribution in [0.1, 0.15) is 36.5 Å². The molecule has 38 heavy (non-hydrogen) atoms. The quantitative estimate of drug-likeness (QED) is 0.106. The second-order valence-electron chi connectivity index (χ2n) is 7.96. The van der Waals surface area contributed by atoms with Crippen LogP contribution >= 0.6 is 0 Å². The SMILES string of the molecule is CCOC(=O)CCCNc1nc(NCc2cc(C(F)(F)F)cc(C(F)(F)F)c2)nc2ccc([N+](=O)[O-])cc12. The Balaban J connectivity index is 1.89. The normalized spacial score (nSPS) is 11.9. The van der Waals surface area contributed by atoms with Gasteiger partial charge in [0.05, 0.1) is 28.2 Å². The van der Waals surface area contributed by atoms with E-state index in [1.54, 1.807) is 6.92 Å². The first-order chi connectivity index (χ1) is 17.8. The van der Waals surface area contributed by atoms with E-state index in [4.69, 9.17) is 4.74 Å². The van der Waals surface area contributed by atoms with Crippen LogP contribution < -0.4 is 10.6 Å². The summed E-state index contributed by atoms with van der Waals surface area (Å²) >= 11 is 0. The summed E-state index contributed by atoms with van der Waals surface area (Å²) in [6.07, 6.45) is -9.58. The van der Waals surface area contributed by atoms with Gasteiger partial charge in [0.1, 0.15) is 5.82 Å². The van der Waals surface area contributed by atoms with E-state index in [-0.39, 0.29) is 59.6 Å². The number of carbonyl (C=O) groups excluding carboxylic acids is 1. The monoisotopic (exact) mass is 545 g/mol. The van der Waals surface area contributed by atoms with Gasteiger partial charge in [-0.05, 0) is 43.2 Å². The number of halogens is 6. The van der Waals surface area contributed by atoms with Gasteiger partial charge < -0.3 is 15.4 Å². The fourth-order valence-electron chi connectivity index (χ4n) is 3.42. The van der Waals surface area contributed by atoms with E-state index >= 15 is 0 Å². The summed E-state index contributed by atoms with van der Waals surface area (Å²) in [5.41, 5.74) is -3.26. The Bertz CT molecular complexity index is 1300. The highest BCUT2D eigenvalue weighted by Crippen LogP contribution is 2.36. The zero-order valence-electron chi connectivity index (χ0n) is 19.7. The summed E-state index contributed by atoms with van der Waals surface area (Å²) in [5.74, 6) is -0.450. The van der Waals surface area contributed by atoms with Crippen molar-refractivity contribution in [2.75, 3.05) is 23.8 Å². The van der Waals surface area contributed by atoms with Crippen LogP contribution in [0.3, 0.4) is 0 Å². The van der Waals surface area contributed by atoms with E-state index in [0.29, 0.717) is 18.6 Å². The maximum absolute atomic E-state index is 13.2. The number of benzene rings is 2. The number of nitro benzene ring substituents is 1. The van der Waals surface area contributed by atoms with Gasteiger partial charge in [0.2, 0.25) is 5.95 Å². The molecule has 3 aromatic rings.